The standard InChI is InChI=1S/C40H44Cl2N4O8/c1-23-25(21-53-37-31(41)17-27(35(43-37)51-3)19-45-15-7-13-33(45)39(47)48)9-5-11-29(23)30-12-6-10-26(24(30)2)22-54-38-32(42)18-28(36(44-38)52-4)20-46-16-8-14-34(46)40(49)50/h5-6,9-12,17-18,33-34H,7-8,13-16,19-22H2,1-4H3,(H,47,48)(H,49,50)/t33-,34-/m0/s1. The summed E-state index contributed by atoms with van der Waals surface area (Å²) in [5.74, 6) is -0.538. The van der Waals surface area contributed by atoms with Crippen LogP contribution in [0.15, 0.2) is 48.5 Å². The summed E-state index contributed by atoms with van der Waals surface area (Å²) in [6, 6.07) is 14.5. The highest BCUT2D eigenvalue weighted by atomic mass is 35.5. The highest BCUT2D eigenvalue weighted by Gasteiger charge is 2.32. The average Bonchev–Trinajstić information content (AvgIpc) is 3.82. The predicted octanol–water partition coefficient (Wildman–Crippen LogP) is 7.34. The SMILES string of the molecule is COc1nc(OCc2cccc(-c3cccc(COc4nc(OC)c(CN5CCC[C@H]5C(=O)O)cc4Cl)c3C)c2C)c(Cl)cc1CN1CCC[C@H]1C(=O)O. The van der Waals surface area contributed by atoms with E-state index in [-0.39, 0.29) is 25.0 Å². The van der Waals surface area contributed by atoms with Gasteiger partial charge in [0.2, 0.25) is 23.5 Å². The van der Waals surface area contributed by atoms with Crippen LogP contribution in [-0.2, 0) is 35.9 Å². The Hall–Kier alpha value is -4.62. The van der Waals surface area contributed by atoms with E-state index in [2.05, 4.69) is 22.1 Å². The molecular weight excluding hydrogens is 735 g/mol. The number of carboxylic acids is 2. The van der Waals surface area contributed by atoms with Gasteiger partial charge in [-0.1, -0.05) is 59.6 Å². The third-order valence-corrected chi connectivity index (χ3v) is 10.8. The van der Waals surface area contributed by atoms with E-state index in [1.165, 1.54) is 14.2 Å². The Morgan fingerprint density at radius 1 is 0.685 bits per heavy atom. The summed E-state index contributed by atoms with van der Waals surface area (Å²) < 4.78 is 23.4. The van der Waals surface area contributed by atoms with E-state index in [0.29, 0.717) is 72.0 Å². The van der Waals surface area contributed by atoms with Gasteiger partial charge in [-0.15, -0.1) is 0 Å². The van der Waals surface area contributed by atoms with Crippen LogP contribution in [0.4, 0.5) is 0 Å². The molecule has 0 unspecified atom stereocenters. The number of rotatable bonds is 15. The van der Waals surface area contributed by atoms with Crippen molar-refractivity contribution in [1.82, 2.24) is 19.8 Å². The van der Waals surface area contributed by atoms with Gasteiger partial charge in [-0.2, -0.15) is 9.97 Å². The Morgan fingerprint density at radius 2 is 1.09 bits per heavy atom. The Bertz CT molecular complexity index is 1890. The lowest BCUT2D eigenvalue weighted by Crippen LogP contribution is -2.35. The molecule has 0 aliphatic carbocycles. The summed E-state index contributed by atoms with van der Waals surface area (Å²) in [6.45, 7) is 6.57. The number of pyridine rings is 2. The van der Waals surface area contributed by atoms with Crippen LogP contribution in [0.25, 0.3) is 11.1 Å². The van der Waals surface area contributed by atoms with Crippen LogP contribution in [0.1, 0.15) is 59.1 Å². The summed E-state index contributed by atoms with van der Waals surface area (Å²) in [5, 5.41) is 19.8. The van der Waals surface area contributed by atoms with Crippen molar-refractivity contribution in [2.24, 2.45) is 0 Å². The zero-order chi connectivity index (χ0) is 38.5. The molecule has 2 aliphatic heterocycles. The van der Waals surface area contributed by atoms with Gasteiger partial charge in [-0.3, -0.25) is 19.4 Å². The van der Waals surface area contributed by atoms with Gasteiger partial charge < -0.3 is 29.2 Å². The van der Waals surface area contributed by atoms with E-state index >= 15 is 0 Å². The molecule has 2 aromatic heterocycles. The number of hydrogen-bond acceptors (Lipinski definition) is 10. The number of likely N-dealkylation sites (tertiary alicyclic amines) is 2. The predicted molar refractivity (Wildman–Crippen MR) is 204 cm³/mol. The first-order chi connectivity index (χ1) is 26.0. The van der Waals surface area contributed by atoms with Crippen LogP contribution < -0.4 is 18.9 Å². The topological polar surface area (TPSA) is 144 Å². The van der Waals surface area contributed by atoms with Crippen molar-refractivity contribution in [2.45, 2.75) is 77.9 Å². The van der Waals surface area contributed by atoms with E-state index in [0.717, 1.165) is 46.2 Å². The van der Waals surface area contributed by atoms with Crippen molar-refractivity contribution in [3.05, 3.63) is 92.0 Å². The van der Waals surface area contributed by atoms with E-state index in [4.69, 9.17) is 42.1 Å². The summed E-state index contributed by atoms with van der Waals surface area (Å²) in [4.78, 5) is 36.3. The minimum absolute atomic E-state index is 0.209. The number of ether oxygens (including phenoxy) is 4. The third kappa shape index (κ3) is 8.52. The molecule has 12 nitrogen and oxygen atoms in total. The molecule has 0 radical (unpaired) electrons. The Labute approximate surface area is 324 Å². The highest BCUT2D eigenvalue weighted by molar-refractivity contribution is 6.32. The molecule has 286 valence electrons. The molecule has 0 amide bonds. The van der Waals surface area contributed by atoms with Crippen molar-refractivity contribution in [2.75, 3.05) is 27.3 Å². The lowest BCUT2D eigenvalue weighted by Gasteiger charge is -2.22. The molecule has 0 spiro atoms. The molecule has 14 heteroatoms. The molecule has 2 N–H and O–H groups in total. The molecular formula is C40H44Cl2N4O8. The molecule has 6 rings (SSSR count). The van der Waals surface area contributed by atoms with Crippen LogP contribution in [0.5, 0.6) is 23.5 Å². The first-order valence-electron chi connectivity index (χ1n) is 17.8. The lowest BCUT2D eigenvalue weighted by atomic mass is 9.92. The summed E-state index contributed by atoms with van der Waals surface area (Å²) in [6.07, 6.45) is 2.83. The Kier molecular flexibility index (Phi) is 12.5. The van der Waals surface area contributed by atoms with Crippen LogP contribution in [0, 0.1) is 13.8 Å². The van der Waals surface area contributed by atoms with Gasteiger partial charge in [-0.25, -0.2) is 0 Å². The minimum atomic E-state index is -0.837. The number of benzene rings is 2. The highest BCUT2D eigenvalue weighted by Crippen LogP contribution is 2.36. The van der Waals surface area contributed by atoms with Crippen LogP contribution >= 0.6 is 23.2 Å². The fourth-order valence-electron chi connectivity index (χ4n) is 7.35. The maximum atomic E-state index is 11.7. The number of hydrogen-bond donors (Lipinski definition) is 2. The largest absolute Gasteiger partial charge is 0.481 e. The molecule has 0 saturated carbocycles. The monoisotopic (exact) mass is 778 g/mol. The molecule has 2 aliphatic rings. The molecule has 0 bridgehead atoms. The summed E-state index contributed by atoms with van der Waals surface area (Å²) in [5.41, 5.74) is 7.41. The fraction of sp³-hybridized carbons (Fsp3) is 0.400. The Morgan fingerprint density at radius 3 is 1.46 bits per heavy atom. The number of methoxy groups -OCH3 is 2. The maximum absolute atomic E-state index is 11.7. The second-order valence-electron chi connectivity index (χ2n) is 13.6. The maximum Gasteiger partial charge on any atom is 0.320 e. The average molecular weight is 780 g/mol. The van der Waals surface area contributed by atoms with E-state index < -0.39 is 24.0 Å². The second kappa shape index (κ2) is 17.2. The van der Waals surface area contributed by atoms with Crippen molar-refractivity contribution >= 4 is 35.1 Å². The molecule has 2 fully saturated rings. The molecule has 4 aromatic rings. The van der Waals surface area contributed by atoms with Crippen molar-refractivity contribution < 1.29 is 38.7 Å². The van der Waals surface area contributed by atoms with Gasteiger partial charge in [0.1, 0.15) is 35.3 Å². The number of aliphatic carboxylic acids is 2. The van der Waals surface area contributed by atoms with Gasteiger partial charge in [0.05, 0.1) is 14.2 Å². The van der Waals surface area contributed by atoms with Gasteiger partial charge in [0, 0.05) is 24.2 Å². The van der Waals surface area contributed by atoms with E-state index in [1.54, 1.807) is 12.1 Å². The number of carboxylic acid groups (broad SMARTS) is 2. The zero-order valence-electron chi connectivity index (χ0n) is 30.7. The number of nitrogens with zero attached hydrogens (tertiary/aromatic N) is 4. The van der Waals surface area contributed by atoms with E-state index in [9.17, 15) is 19.8 Å². The summed E-state index contributed by atoms with van der Waals surface area (Å²) in [7, 11) is 3.04. The minimum Gasteiger partial charge on any atom is -0.481 e. The van der Waals surface area contributed by atoms with Gasteiger partial charge in [0.15, 0.2) is 0 Å². The van der Waals surface area contributed by atoms with Gasteiger partial charge in [0.25, 0.3) is 0 Å². The van der Waals surface area contributed by atoms with Crippen LogP contribution in [0.3, 0.4) is 0 Å². The number of carbonyl (C=O) groups is 2. The second-order valence-corrected chi connectivity index (χ2v) is 14.4. The molecule has 2 atom stereocenters. The number of aromatic nitrogens is 2. The van der Waals surface area contributed by atoms with Gasteiger partial charge in [-0.05, 0) is 98.1 Å². The van der Waals surface area contributed by atoms with E-state index in [1.807, 2.05) is 47.9 Å². The smallest absolute Gasteiger partial charge is 0.320 e. The fourth-order valence-corrected chi connectivity index (χ4v) is 7.81. The van der Waals surface area contributed by atoms with Crippen molar-refractivity contribution in [3.63, 3.8) is 0 Å². The molecule has 4 heterocycles. The first kappa shape index (κ1) is 39.1. The summed E-state index contributed by atoms with van der Waals surface area (Å²) >= 11 is 13.3. The van der Waals surface area contributed by atoms with Crippen LogP contribution in [0.2, 0.25) is 10.0 Å². The molecule has 2 saturated heterocycles. The quantitative estimate of drug-likeness (QED) is 0.125. The normalized spacial score (nSPS) is 17.4. The van der Waals surface area contributed by atoms with Crippen molar-refractivity contribution in [3.8, 4) is 34.6 Å². The third-order valence-electron chi connectivity index (χ3n) is 10.3. The molecule has 54 heavy (non-hydrogen) atoms. The number of halogens is 2. The van der Waals surface area contributed by atoms with Crippen molar-refractivity contribution in [1.29, 1.82) is 0 Å². The zero-order valence-corrected chi connectivity index (χ0v) is 32.2. The van der Waals surface area contributed by atoms with Gasteiger partial charge >= 0.3 is 11.9 Å². The molecule has 2 aromatic carbocycles. The Balaban J connectivity index is 1.15. The van der Waals surface area contributed by atoms with Crippen LogP contribution in [-0.4, -0.2) is 81.3 Å². The first-order valence-corrected chi connectivity index (χ1v) is 18.6. The lowest BCUT2D eigenvalue weighted by molar-refractivity contribution is -0.143.